The van der Waals surface area contributed by atoms with Crippen molar-refractivity contribution in [2.75, 3.05) is 12.3 Å². The van der Waals surface area contributed by atoms with Crippen molar-refractivity contribution in [2.24, 2.45) is 0 Å². The number of anilines is 1. The van der Waals surface area contributed by atoms with Crippen molar-refractivity contribution in [3.8, 4) is 11.5 Å². The molecule has 0 radical (unpaired) electrons. The zero-order chi connectivity index (χ0) is 8.97. The van der Waals surface area contributed by atoms with Crippen LogP contribution in [0.5, 0.6) is 11.5 Å². The molecule has 1 aromatic carbocycles. The number of aromatic hydroxyl groups is 1. The lowest BCUT2D eigenvalue weighted by Crippen LogP contribution is -1.96. The maximum absolute atomic E-state index is 9.28. The first kappa shape index (κ1) is 8.71. The normalized spacial score (nSPS) is 9.75. The van der Waals surface area contributed by atoms with E-state index in [4.69, 9.17) is 10.5 Å². The van der Waals surface area contributed by atoms with E-state index in [1.165, 1.54) is 6.07 Å². The summed E-state index contributed by atoms with van der Waals surface area (Å²) in [5.74, 6) is 0.592. The highest BCUT2D eigenvalue weighted by molar-refractivity contribution is 5.51. The largest absolute Gasteiger partial charge is 0.504 e. The minimum atomic E-state index is 0.137. The first-order chi connectivity index (χ1) is 5.74. The van der Waals surface area contributed by atoms with Crippen LogP contribution in [0.1, 0.15) is 13.3 Å². The van der Waals surface area contributed by atoms with Crippen molar-refractivity contribution in [1.29, 1.82) is 0 Å². The van der Waals surface area contributed by atoms with E-state index in [0.29, 0.717) is 18.0 Å². The average molecular weight is 167 g/mol. The van der Waals surface area contributed by atoms with Gasteiger partial charge in [-0.25, -0.2) is 0 Å². The molecule has 0 aromatic heterocycles. The highest BCUT2D eigenvalue weighted by Gasteiger charge is 2.00. The second-order valence-corrected chi connectivity index (χ2v) is 2.58. The van der Waals surface area contributed by atoms with Gasteiger partial charge >= 0.3 is 0 Å². The van der Waals surface area contributed by atoms with Gasteiger partial charge in [0, 0.05) is 11.8 Å². The minimum Gasteiger partial charge on any atom is -0.504 e. The van der Waals surface area contributed by atoms with Crippen LogP contribution >= 0.6 is 0 Å². The molecule has 0 aliphatic heterocycles. The number of benzene rings is 1. The lowest BCUT2D eigenvalue weighted by molar-refractivity contribution is 0.299. The van der Waals surface area contributed by atoms with Crippen LogP contribution in [-0.2, 0) is 0 Å². The van der Waals surface area contributed by atoms with Gasteiger partial charge in [-0.05, 0) is 18.6 Å². The van der Waals surface area contributed by atoms with Gasteiger partial charge in [0.1, 0.15) is 0 Å². The van der Waals surface area contributed by atoms with Crippen LogP contribution < -0.4 is 10.5 Å². The van der Waals surface area contributed by atoms with Crippen molar-refractivity contribution in [3.63, 3.8) is 0 Å². The molecule has 12 heavy (non-hydrogen) atoms. The number of phenols is 1. The number of nitrogen functional groups attached to an aromatic ring is 1. The zero-order valence-corrected chi connectivity index (χ0v) is 7.08. The fourth-order valence-electron chi connectivity index (χ4n) is 0.858. The van der Waals surface area contributed by atoms with E-state index >= 15 is 0 Å². The zero-order valence-electron chi connectivity index (χ0n) is 7.08. The third-order valence-electron chi connectivity index (χ3n) is 1.45. The maximum atomic E-state index is 9.28. The lowest BCUT2D eigenvalue weighted by atomic mass is 10.3. The van der Waals surface area contributed by atoms with Crippen LogP contribution in [0.3, 0.4) is 0 Å². The lowest BCUT2D eigenvalue weighted by Gasteiger charge is -2.06. The number of hydrogen-bond donors (Lipinski definition) is 2. The summed E-state index contributed by atoms with van der Waals surface area (Å²) in [6, 6.07) is 4.78. The first-order valence-corrected chi connectivity index (χ1v) is 3.95. The van der Waals surface area contributed by atoms with Gasteiger partial charge < -0.3 is 15.6 Å². The minimum absolute atomic E-state index is 0.137. The van der Waals surface area contributed by atoms with Gasteiger partial charge in [0.2, 0.25) is 0 Å². The Morgan fingerprint density at radius 2 is 2.25 bits per heavy atom. The summed E-state index contributed by atoms with van der Waals surface area (Å²) < 4.78 is 5.24. The summed E-state index contributed by atoms with van der Waals surface area (Å²) >= 11 is 0. The molecular weight excluding hydrogens is 154 g/mol. The predicted octanol–water partition coefficient (Wildman–Crippen LogP) is 1.76. The summed E-state index contributed by atoms with van der Waals surface area (Å²) in [5, 5.41) is 9.28. The SMILES string of the molecule is CCCOc1cc(N)ccc1O. The number of ether oxygens (including phenoxy) is 1. The summed E-state index contributed by atoms with van der Waals surface area (Å²) in [4.78, 5) is 0. The van der Waals surface area contributed by atoms with Gasteiger partial charge in [0.05, 0.1) is 6.61 Å². The molecule has 1 rings (SSSR count). The quantitative estimate of drug-likeness (QED) is 0.532. The number of nitrogens with two attached hydrogens (primary N) is 1. The molecule has 3 nitrogen and oxygen atoms in total. The Morgan fingerprint density at radius 3 is 2.92 bits per heavy atom. The molecule has 0 heterocycles. The molecule has 0 atom stereocenters. The summed E-state index contributed by atoms with van der Waals surface area (Å²) in [5.41, 5.74) is 6.10. The Labute approximate surface area is 71.8 Å². The maximum Gasteiger partial charge on any atom is 0.162 e. The highest BCUT2D eigenvalue weighted by atomic mass is 16.5. The number of phenolic OH excluding ortho intramolecular Hbond substituents is 1. The highest BCUT2D eigenvalue weighted by Crippen LogP contribution is 2.27. The Kier molecular flexibility index (Phi) is 2.80. The second kappa shape index (κ2) is 3.85. The summed E-state index contributed by atoms with van der Waals surface area (Å²) in [6.45, 7) is 2.60. The van der Waals surface area contributed by atoms with Crippen LogP contribution in [0.15, 0.2) is 18.2 Å². The molecule has 0 bridgehead atoms. The van der Waals surface area contributed by atoms with E-state index in [-0.39, 0.29) is 5.75 Å². The predicted molar refractivity (Wildman–Crippen MR) is 48.3 cm³/mol. The van der Waals surface area contributed by atoms with E-state index in [1.54, 1.807) is 12.1 Å². The van der Waals surface area contributed by atoms with Crippen LogP contribution in [-0.4, -0.2) is 11.7 Å². The van der Waals surface area contributed by atoms with Crippen LogP contribution in [0.4, 0.5) is 5.69 Å². The van der Waals surface area contributed by atoms with Crippen LogP contribution in [0.25, 0.3) is 0 Å². The summed E-state index contributed by atoms with van der Waals surface area (Å²) in [6.07, 6.45) is 0.911. The summed E-state index contributed by atoms with van der Waals surface area (Å²) in [7, 11) is 0. The molecular formula is C9H13NO2. The van der Waals surface area contributed by atoms with Crippen LogP contribution in [0.2, 0.25) is 0 Å². The third-order valence-corrected chi connectivity index (χ3v) is 1.45. The third kappa shape index (κ3) is 2.05. The average Bonchev–Trinajstić information content (AvgIpc) is 2.07. The van der Waals surface area contributed by atoms with E-state index < -0.39 is 0 Å². The second-order valence-electron chi connectivity index (χ2n) is 2.58. The van der Waals surface area contributed by atoms with Crippen molar-refractivity contribution in [2.45, 2.75) is 13.3 Å². The Hall–Kier alpha value is -1.38. The molecule has 0 aliphatic carbocycles. The molecule has 1 aromatic rings. The smallest absolute Gasteiger partial charge is 0.162 e. The molecule has 0 aliphatic rings. The van der Waals surface area contributed by atoms with Gasteiger partial charge in [0.25, 0.3) is 0 Å². The standard InChI is InChI=1S/C9H13NO2/c1-2-5-12-9-6-7(10)3-4-8(9)11/h3-4,6,11H,2,5,10H2,1H3. The van der Waals surface area contributed by atoms with E-state index in [9.17, 15) is 5.11 Å². The Balaban J connectivity index is 2.75. The molecule has 66 valence electrons. The van der Waals surface area contributed by atoms with E-state index in [1.807, 2.05) is 6.92 Å². The van der Waals surface area contributed by atoms with Crippen LogP contribution in [0, 0.1) is 0 Å². The van der Waals surface area contributed by atoms with E-state index in [2.05, 4.69) is 0 Å². The molecule has 3 N–H and O–H groups in total. The number of hydrogen-bond acceptors (Lipinski definition) is 3. The van der Waals surface area contributed by atoms with Crippen molar-refractivity contribution in [3.05, 3.63) is 18.2 Å². The van der Waals surface area contributed by atoms with Gasteiger partial charge in [0.15, 0.2) is 11.5 Å². The molecule has 0 saturated carbocycles. The Morgan fingerprint density at radius 1 is 1.50 bits per heavy atom. The van der Waals surface area contributed by atoms with Crippen molar-refractivity contribution < 1.29 is 9.84 Å². The molecule has 0 fully saturated rings. The fourth-order valence-corrected chi connectivity index (χ4v) is 0.858. The van der Waals surface area contributed by atoms with Gasteiger partial charge in [-0.3, -0.25) is 0 Å². The first-order valence-electron chi connectivity index (χ1n) is 3.95. The molecule has 0 spiro atoms. The van der Waals surface area contributed by atoms with E-state index in [0.717, 1.165) is 6.42 Å². The topological polar surface area (TPSA) is 55.5 Å². The Bertz CT molecular complexity index is 261. The molecule has 0 saturated heterocycles. The van der Waals surface area contributed by atoms with Gasteiger partial charge in [-0.15, -0.1) is 0 Å². The fraction of sp³-hybridized carbons (Fsp3) is 0.333. The number of rotatable bonds is 3. The molecule has 3 heteroatoms. The monoisotopic (exact) mass is 167 g/mol. The molecule has 0 amide bonds. The van der Waals surface area contributed by atoms with Gasteiger partial charge in [-0.1, -0.05) is 6.92 Å². The van der Waals surface area contributed by atoms with Crippen molar-refractivity contribution in [1.82, 2.24) is 0 Å². The molecule has 0 unspecified atom stereocenters. The van der Waals surface area contributed by atoms with Gasteiger partial charge in [-0.2, -0.15) is 0 Å². The van der Waals surface area contributed by atoms with Crippen molar-refractivity contribution >= 4 is 5.69 Å².